The van der Waals surface area contributed by atoms with Gasteiger partial charge in [-0.1, -0.05) is 0 Å². The number of anilines is 1. The van der Waals surface area contributed by atoms with Crippen LogP contribution in [0.4, 0.5) is 10.6 Å². The van der Waals surface area contributed by atoms with Gasteiger partial charge in [-0.05, 0) is 28.4 Å². The molecular formula is C11H12BrN5O2. The zero-order valence-electron chi connectivity index (χ0n) is 9.95. The van der Waals surface area contributed by atoms with Crippen molar-refractivity contribution in [2.75, 3.05) is 18.0 Å². The molecule has 3 heterocycles. The molecule has 1 aliphatic heterocycles. The molecule has 1 fully saturated rings. The largest absolute Gasteiger partial charge is 0.465 e. The zero-order valence-corrected chi connectivity index (χ0v) is 11.5. The summed E-state index contributed by atoms with van der Waals surface area (Å²) in [6.45, 7) is 1.43. The van der Waals surface area contributed by atoms with E-state index >= 15 is 0 Å². The Morgan fingerprint density at radius 1 is 1.58 bits per heavy atom. The molecule has 1 atom stereocenters. The fraction of sp³-hybridized carbons (Fsp3) is 0.364. The van der Waals surface area contributed by atoms with Gasteiger partial charge in [0.15, 0.2) is 5.65 Å². The molecule has 8 heteroatoms. The summed E-state index contributed by atoms with van der Waals surface area (Å²) in [6, 6.07) is 1.85. The molecule has 1 amide bonds. The van der Waals surface area contributed by atoms with Crippen molar-refractivity contribution in [1.82, 2.24) is 19.9 Å². The molecule has 0 spiro atoms. The fourth-order valence-electron chi connectivity index (χ4n) is 2.27. The van der Waals surface area contributed by atoms with Crippen LogP contribution in [-0.4, -0.2) is 44.9 Å². The van der Waals surface area contributed by atoms with E-state index < -0.39 is 6.09 Å². The van der Waals surface area contributed by atoms with Crippen LogP contribution in [0.5, 0.6) is 0 Å². The number of fused-ring (bicyclic) bond motifs is 1. The van der Waals surface area contributed by atoms with E-state index in [9.17, 15) is 4.79 Å². The van der Waals surface area contributed by atoms with E-state index in [1.54, 1.807) is 10.7 Å². The summed E-state index contributed by atoms with van der Waals surface area (Å²) in [5.41, 5.74) is 0.757. The predicted octanol–water partition coefficient (Wildman–Crippen LogP) is 1.34. The first-order valence-electron chi connectivity index (χ1n) is 5.88. The second kappa shape index (κ2) is 4.69. The number of aromatic nitrogens is 3. The van der Waals surface area contributed by atoms with E-state index in [0.29, 0.717) is 6.54 Å². The number of nitrogens with zero attached hydrogens (tertiary/aromatic N) is 4. The van der Waals surface area contributed by atoms with E-state index in [1.165, 1.54) is 0 Å². The first kappa shape index (κ1) is 12.2. The first-order valence-corrected chi connectivity index (χ1v) is 6.67. The number of nitrogens with one attached hydrogen (secondary N) is 1. The molecule has 1 aliphatic rings. The van der Waals surface area contributed by atoms with Crippen molar-refractivity contribution in [2.45, 2.75) is 12.5 Å². The highest BCUT2D eigenvalue weighted by atomic mass is 79.9. The Morgan fingerprint density at radius 2 is 2.42 bits per heavy atom. The van der Waals surface area contributed by atoms with Crippen LogP contribution in [-0.2, 0) is 0 Å². The normalized spacial score (nSPS) is 19.0. The third kappa shape index (κ3) is 2.35. The minimum absolute atomic E-state index is 0.0381. The zero-order chi connectivity index (χ0) is 13.4. The minimum atomic E-state index is -0.978. The molecule has 0 aromatic carbocycles. The molecule has 0 saturated carbocycles. The summed E-state index contributed by atoms with van der Waals surface area (Å²) in [5, 5.41) is 15.4. The molecule has 1 unspecified atom stereocenters. The molecule has 0 bridgehead atoms. The number of hydrogen-bond donors (Lipinski definition) is 2. The Kier molecular flexibility index (Phi) is 3.02. The van der Waals surface area contributed by atoms with Gasteiger partial charge in [-0.2, -0.15) is 5.10 Å². The van der Waals surface area contributed by atoms with Crippen molar-refractivity contribution in [3.8, 4) is 0 Å². The van der Waals surface area contributed by atoms with Gasteiger partial charge in [0.2, 0.25) is 0 Å². The van der Waals surface area contributed by atoms with Crippen molar-refractivity contribution >= 4 is 33.5 Å². The quantitative estimate of drug-likeness (QED) is 0.870. The fourth-order valence-corrected chi connectivity index (χ4v) is 2.63. The first-order chi connectivity index (χ1) is 9.13. The Labute approximate surface area is 117 Å². The van der Waals surface area contributed by atoms with Crippen LogP contribution < -0.4 is 10.2 Å². The lowest BCUT2D eigenvalue weighted by Gasteiger charge is -2.17. The Balaban J connectivity index is 1.81. The molecule has 1 saturated heterocycles. The van der Waals surface area contributed by atoms with E-state index in [-0.39, 0.29) is 6.04 Å². The maximum atomic E-state index is 10.6. The molecule has 0 radical (unpaired) electrons. The molecule has 19 heavy (non-hydrogen) atoms. The van der Waals surface area contributed by atoms with Gasteiger partial charge in [-0.15, -0.1) is 0 Å². The molecule has 2 N–H and O–H groups in total. The highest BCUT2D eigenvalue weighted by molar-refractivity contribution is 9.10. The smallest absolute Gasteiger partial charge is 0.404 e. The van der Waals surface area contributed by atoms with Crippen LogP contribution in [0.15, 0.2) is 22.9 Å². The third-order valence-electron chi connectivity index (χ3n) is 3.15. The van der Waals surface area contributed by atoms with Crippen LogP contribution in [0, 0.1) is 0 Å². The van der Waals surface area contributed by atoms with Gasteiger partial charge in [-0.3, -0.25) is 0 Å². The minimum Gasteiger partial charge on any atom is -0.465 e. The Hall–Kier alpha value is -1.83. The number of amides is 1. The van der Waals surface area contributed by atoms with E-state index in [4.69, 9.17) is 5.11 Å². The van der Waals surface area contributed by atoms with Crippen molar-refractivity contribution in [3.05, 3.63) is 22.9 Å². The molecule has 100 valence electrons. The monoisotopic (exact) mass is 325 g/mol. The average Bonchev–Trinajstić information content (AvgIpc) is 2.96. The summed E-state index contributed by atoms with van der Waals surface area (Å²) in [7, 11) is 0. The predicted molar refractivity (Wildman–Crippen MR) is 72.5 cm³/mol. The van der Waals surface area contributed by atoms with Gasteiger partial charge < -0.3 is 15.3 Å². The van der Waals surface area contributed by atoms with E-state index in [0.717, 1.165) is 28.9 Å². The molecule has 2 aromatic heterocycles. The van der Waals surface area contributed by atoms with Gasteiger partial charge in [-0.25, -0.2) is 14.3 Å². The highest BCUT2D eigenvalue weighted by Gasteiger charge is 2.25. The number of carboxylic acid groups (broad SMARTS) is 1. The number of rotatable bonds is 2. The molecular weight excluding hydrogens is 314 g/mol. The van der Waals surface area contributed by atoms with Crippen molar-refractivity contribution in [2.24, 2.45) is 0 Å². The topological polar surface area (TPSA) is 82.8 Å². The van der Waals surface area contributed by atoms with Crippen LogP contribution in [0.2, 0.25) is 0 Å². The molecule has 3 rings (SSSR count). The Bertz CT molecular complexity index is 629. The lowest BCUT2D eigenvalue weighted by Crippen LogP contribution is -2.36. The average molecular weight is 326 g/mol. The third-order valence-corrected chi connectivity index (χ3v) is 3.71. The summed E-state index contributed by atoms with van der Waals surface area (Å²) >= 11 is 3.40. The summed E-state index contributed by atoms with van der Waals surface area (Å²) in [4.78, 5) is 17.2. The second-order valence-corrected chi connectivity index (χ2v) is 5.28. The van der Waals surface area contributed by atoms with E-state index in [2.05, 4.69) is 36.2 Å². The van der Waals surface area contributed by atoms with Crippen LogP contribution in [0.25, 0.3) is 5.65 Å². The maximum Gasteiger partial charge on any atom is 0.404 e. The number of halogens is 1. The number of hydrogen-bond acceptors (Lipinski definition) is 4. The van der Waals surface area contributed by atoms with Crippen LogP contribution >= 0.6 is 15.9 Å². The molecule has 7 nitrogen and oxygen atoms in total. The van der Waals surface area contributed by atoms with Crippen LogP contribution in [0.3, 0.4) is 0 Å². The van der Waals surface area contributed by atoms with E-state index in [1.807, 2.05) is 12.3 Å². The van der Waals surface area contributed by atoms with Gasteiger partial charge in [0.05, 0.1) is 16.7 Å². The van der Waals surface area contributed by atoms with Crippen molar-refractivity contribution in [1.29, 1.82) is 0 Å². The molecule has 2 aromatic rings. The SMILES string of the molecule is O=C(O)NC1CCN(c2ccn3ncc(Br)c3n2)C1. The van der Waals surface area contributed by atoms with Gasteiger partial charge in [0.25, 0.3) is 0 Å². The van der Waals surface area contributed by atoms with Gasteiger partial charge in [0.1, 0.15) is 5.82 Å². The highest BCUT2D eigenvalue weighted by Crippen LogP contribution is 2.22. The lowest BCUT2D eigenvalue weighted by molar-refractivity contribution is 0.191. The Morgan fingerprint density at radius 3 is 3.21 bits per heavy atom. The maximum absolute atomic E-state index is 10.6. The van der Waals surface area contributed by atoms with Gasteiger partial charge in [0, 0.05) is 19.3 Å². The number of carbonyl (C=O) groups is 1. The summed E-state index contributed by atoms with van der Waals surface area (Å²) in [5.74, 6) is 0.836. The lowest BCUT2D eigenvalue weighted by atomic mass is 10.3. The molecule has 0 aliphatic carbocycles. The van der Waals surface area contributed by atoms with Crippen molar-refractivity contribution in [3.63, 3.8) is 0 Å². The standard InChI is InChI=1S/C11H12BrN5O2/c12-8-5-13-17-4-2-9(15-10(8)17)16-3-1-7(6-16)14-11(18)19/h2,4-5,7,14H,1,3,6H2,(H,18,19). The van der Waals surface area contributed by atoms with Crippen molar-refractivity contribution < 1.29 is 9.90 Å². The summed E-state index contributed by atoms with van der Waals surface area (Å²) in [6.07, 6.45) is 3.36. The second-order valence-electron chi connectivity index (χ2n) is 4.43. The van der Waals surface area contributed by atoms with Gasteiger partial charge >= 0.3 is 6.09 Å². The summed E-state index contributed by atoms with van der Waals surface area (Å²) < 4.78 is 2.53. The van der Waals surface area contributed by atoms with Crippen LogP contribution in [0.1, 0.15) is 6.42 Å².